The second kappa shape index (κ2) is 8.86. The van der Waals surface area contributed by atoms with Crippen molar-refractivity contribution in [3.8, 4) is 0 Å². The molecule has 2 fully saturated rings. The van der Waals surface area contributed by atoms with Gasteiger partial charge in [-0.15, -0.1) is 11.8 Å². The van der Waals surface area contributed by atoms with Crippen LogP contribution in [0.2, 0.25) is 0 Å². The highest BCUT2D eigenvalue weighted by atomic mass is 32.2. The van der Waals surface area contributed by atoms with E-state index in [9.17, 15) is 14.4 Å². The highest BCUT2D eigenvalue weighted by Crippen LogP contribution is 2.65. The minimum atomic E-state index is -0.804. The van der Waals surface area contributed by atoms with Crippen LogP contribution < -0.4 is 0 Å². The van der Waals surface area contributed by atoms with Gasteiger partial charge in [-0.25, -0.2) is 0 Å². The van der Waals surface area contributed by atoms with Gasteiger partial charge in [0.25, 0.3) is 0 Å². The largest absolute Gasteiger partial charge is 0.465 e. The van der Waals surface area contributed by atoms with E-state index in [0.29, 0.717) is 39.0 Å². The van der Waals surface area contributed by atoms with Crippen LogP contribution in [0.1, 0.15) is 46.5 Å². The fraction of sp³-hybridized carbons (Fsp3) is 0.708. The molecule has 4 rings (SSSR count). The molecule has 0 aromatic heterocycles. The number of likely N-dealkylation sites (tertiary alicyclic amines) is 1. The summed E-state index contributed by atoms with van der Waals surface area (Å²) in [5.41, 5.74) is 0. The molecule has 2 saturated heterocycles. The van der Waals surface area contributed by atoms with Gasteiger partial charge in [0, 0.05) is 30.5 Å². The number of aliphatic hydroxyl groups excluding tert-OH is 1. The van der Waals surface area contributed by atoms with E-state index in [0.717, 1.165) is 6.42 Å². The van der Waals surface area contributed by atoms with Gasteiger partial charge in [0.2, 0.25) is 11.8 Å². The zero-order valence-corrected chi connectivity index (χ0v) is 20.0. The maximum absolute atomic E-state index is 13.9. The molecule has 4 aliphatic heterocycles. The minimum Gasteiger partial charge on any atom is -0.465 e. The van der Waals surface area contributed by atoms with Crippen molar-refractivity contribution in [1.29, 1.82) is 0 Å². The van der Waals surface area contributed by atoms with Gasteiger partial charge >= 0.3 is 5.97 Å². The molecule has 1 spiro atoms. The van der Waals surface area contributed by atoms with Crippen LogP contribution in [0, 0.1) is 11.8 Å². The van der Waals surface area contributed by atoms with E-state index in [1.165, 1.54) is 0 Å². The Morgan fingerprint density at radius 2 is 1.91 bits per heavy atom. The second-order valence-corrected chi connectivity index (χ2v) is 11.4. The first-order chi connectivity index (χ1) is 15.3. The van der Waals surface area contributed by atoms with Crippen LogP contribution >= 0.6 is 11.8 Å². The Labute approximate surface area is 194 Å². The lowest BCUT2D eigenvalue weighted by Crippen LogP contribution is -2.54. The summed E-state index contributed by atoms with van der Waals surface area (Å²) >= 11 is 1.58. The van der Waals surface area contributed by atoms with Crippen LogP contribution in [0.3, 0.4) is 0 Å². The molecule has 4 heterocycles. The molecular formula is C24H34N2O5S. The topological polar surface area (TPSA) is 87.2 Å². The van der Waals surface area contributed by atoms with E-state index >= 15 is 0 Å². The highest BCUT2D eigenvalue weighted by Gasteiger charge is 2.73. The number of aliphatic hydroxyl groups is 1. The third-order valence-electron chi connectivity index (χ3n) is 7.23. The fourth-order valence-electron chi connectivity index (χ4n) is 5.78. The van der Waals surface area contributed by atoms with Crippen molar-refractivity contribution in [1.82, 2.24) is 9.80 Å². The minimum absolute atomic E-state index is 0.00761. The Bertz CT molecular complexity index is 842. The van der Waals surface area contributed by atoms with Gasteiger partial charge in [0.15, 0.2) is 0 Å². The van der Waals surface area contributed by atoms with Crippen molar-refractivity contribution >= 4 is 29.5 Å². The van der Waals surface area contributed by atoms with Crippen molar-refractivity contribution in [2.75, 3.05) is 26.3 Å². The predicted octanol–water partition coefficient (Wildman–Crippen LogP) is 2.15. The average molecular weight is 463 g/mol. The zero-order chi connectivity index (χ0) is 23.1. The molecule has 32 heavy (non-hydrogen) atoms. The number of unbranched alkanes of at least 4 members (excludes halogenated alkanes) is 2. The Kier molecular flexibility index (Phi) is 6.47. The van der Waals surface area contributed by atoms with Crippen LogP contribution in [0.4, 0.5) is 0 Å². The lowest BCUT2D eigenvalue weighted by atomic mass is 9.74. The number of hydrogen-bond donors (Lipinski definition) is 1. The van der Waals surface area contributed by atoms with E-state index in [2.05, 4.69) is 6.08 Å². The molecule has 1 unspecified atom stereocenters. The lowest BCUT2D eigenvalue weighted by molar-refractivity contribution is -0.154. The standard InChI is InChI=1S/C24H34N2O5S/c1-16(2)25-13-9-11-24-17(18-22(30)31-15-8-5-10-23(18,3)32-24)20(28)26(19(24)21(25)29)12-6-4-7-14-27/h5,9-11,16-19,27H,4,6-8,12-15H2,1-3H3/t17-,18-,19?,23+,24-/m0/s1. The van der Waals surface area contributed by atoms with Crippen molar-refractivity contribution in [2.45, 2.75) is 68.0 Å². The number of amides is 2. The molecule has 0 aromatic rings. The number of hydrogen-bond acceptors (Lipinski definition) is 6. The molecule has 8 heteroatoms. The smallest absolute Gasteiger partial charge is 0.311 e. The third kappa shape index (κ3) is 3.59. The van der Waals surface area contributed by atoms with Crippen LogP contribution in [0.25, 0.3) is 0 Å². The lowest BCUT2D eigenvalue weighted by Gasteiger charge is -2.38. The number of nitrogens with zero attached hydrogens (tertiary/aromatic N) is 2. The van der Waals surface area contributed by atoms with E-state index in [-0.39, 0.29) is 30.4 Å². The van der Waals surface area contributed by atoms with E-state index in [4.69, 9.17) is 9.84 Å². The Morgan fingerprint density at radius 1 is 1.12 bits per heavy atom. The molecule has 4 aliphatic rings. The van der Waals surface area contributed by atoms with Gasteiger partial charge in [-0.2, -0.15) is 0 Å². The number of ether oxygens (including phenoxy) is 1. The Balaban J connectivity index is 1.79. The number of cyclic esters (lactones) is 1. The van der Waals surface area contributed by atoms with Gasteiger partial charge < -0.3 is 19.6 Å². The fourth-order valence-corrected chi connectivity index (χ4v) is 7.93. The van der Waals surface area contributed by atoms with E-state index in [1.54, 1.807) is 16.7 Å². The number of rotatable bonds is 6. The Morgan fingerprint density at radius 3 is 2.62 bits per heavy atom. The first kappa shape index (κ1) is 23.4. The van der Waals surface area contributed by atoms with Crippen molar-refractivity contribution in [2.24, 2.45) is 11.8 Å². The number of carbonyl (C=O) groups is 3. The molecular weight excluding hydrogens is 428 g/mol. The molecule has 1 N–H and O–H groups in total. The van der Waals surface area contributed by atoms with E-state index < -0.39 is 27.4 Å². The van der Waals surface area contributed by atoms with Gasteiger partial charge in [-0.05, 0) is 46.5 Å². The second-order valence-electron chi connectivity index (χ2n) is 9.66. The summed E-state index contributed by atoms with van der Waals surface area (Å²) in [7, 11) is 0. The average Bonchev–Trinajstić information content (AvgIpc) is 3.04. The number of esters is 1. The number of fused-ring (bicyclic) bond motifs is 2. The van der Waals surface area contributed by atoms with Gasteiger partial charge in [-0.3, -0.25) is 14.4 Å². The van der Waals surface area contributed by atoms with Gasteiger partial charge in [-0.1, -0.05) is 24.3 Å². The summed E-state index contributed by atoms with van der Waals surface area (Å²) in [5, 5.41) is 9.13. The molecule has 0 aromatic carbocycles. The molecule has 0 radical (unpaired) electrons. The summed E-state index contributed by atoms with van der Waals surface area (Å²) in [5.74, 6) is -1.79. The van der Waals surface area contributed by atoms with Crippen molar-refractivity contribution in [3.05, 3.63) is 24.3 Å². The number of carbonyl (C=O) groups excluding carboxylic acids is 3. The quantitative estimate of drug-likeness (QED) is 0.370. The van der Waals surface area contributed by atoms with Crippen molar-refractivity contribution in [3.63, 3.8) is 0 Å². The highest BCUT2D eigenvalue weighted by molar-refractivity contribution is 8.02. The predicted molar refractivity (Wildman–Crippen MR) is 123 cm³/mol. The van der Waals surface area contributed by atoms with E-state index in [1.807, 2.05) is 43.9 Å². The molecule has 7 nitrogen and oxygen atoms in total. The molecule has 2 amide bonds. The van der Waals surface area contributed by atoms with Crippen molar-refractivity contribution < 1.29 is 24.2 Å². The first-order valence-corrected chi connectivity index (χ1v) is 12.5. The summed E-state index contributed by atoms with van der Waals surface area (Å²) in [6, 6.07) is -0.639. The first-order valence-electron chi connectivity index (χ1n) is 11.7. The molecule has 0 saturated carbocycles. The maximum atomic E-state index is 13.9. The summed E-state index contributed by atoms with van der Waals surface area (Å²) < 4.78 is 4.12. The maximum Gasteiger partial charge on any atom is 0.311 e. The van der Waals surface area contributed by atoms with Crippen LogP contribution in [-0.4, -0.2) is 80.6 Å². The molecule has 5 atom stereocenters. The summed E-state index contributed by atoms with van der Waals surface area (Å²) in [6.07, 6.45) is 10.9. The monoisotopic (exact) mass is 462 g/mol. The van der Waals surface area contributed by atoms with Gasteiger partial charge in [0.05, 0.1) is 23.2 Å². The summed E-state index contributed by atoms with van der Waals surface area (Å²) in [6.45, 7) is 7.34. The normalized spacial score (nSPS) is 36.5. The molecule has 176 valence electrons. The van der Waals surface area contributed by atoms with Crippen LogP contribution in [0.5, 0.6) is 0 Å². The van der Waals surface area contributed by atoms with Gasteiger partial charge in [0.1, 0.15) is 6.04 Å². The van der Waals surface area contributed by atoms with Crippen LogP contribution in [0.15, 0.2) is 24.3 Å². The van der Waals surface area contributed by atoms with Crippen LogP contribution in [-0.2, 0) is 19.1 Å². The zero-order valence-electron chi connectivity index (χ0n) is 19.2. The summed E-state index contributed by atoms with van der Waals surface area (Å²) in [4.78, 5) is 44.5. The molecule has 0 bridgehead atoms. The number of thioether (sulfide) groups is 1. The third-order valence-corrected chi connectivity index (χ3v) is 9.03. The SMILES string of the molecule is CC(C)N1CC=C[C@]23S[C@]4(C)C=CCCOC(=O)[C@@H]4[C@H]2C(=O)N(CCCCCO)C3C1=O. The molecule has 0 aliphatic carbocycles. The Hall–Kier alpha value is -1.80.